The third kappa shape index (κ3) is 5.03. The van der Waals surface area contributed by atoms with Crippen LogP contribution in [0.3, 0.4) is 0 Å². The molecule has 1 amide bonds. The highest BCUT2D eigenvalue weighted by Crippen LogP contribution is 2.37. The fourth-order valence-electron chi connectivity index (χ4n) is 5.58. The predicted molar refractivity (Wildman–Crippen MR) is 133 cm³/mol. The van der Waals surface area contributed by atoms with Gasteiger partial charge in [0.25, 0.3) is 0 Å². The molecule has 1 N–H and O–H groups in total. The van der Waals surface area contributed by atoms with Crippen molar-refractivity contribution in [3.8, 4) is 11.3 Å². The summed E-state index contributed by atoms with van der Waals surface area (Å²) in [6.07, 6.45) is 8.71. The summed E-state index contributed by atoms with van der Waals surface area (Å²) in [6, 6.07) is 14.7. The molecule has 34 heavy (non-hydrogen) atoms. The molecule has 0 saturated heterocycles. The Bertz CT molecular complexity index is 1180. The normalized spacial score (nSPS) is 19.2. The lowest BCUT2D eigenvalue weighted by atomic mass is 9.78. The summed E-state index contributed by atoms with van der Waals surface area (Å²) in [4.78, 5) is 22.9. The molecule has 5 heteroatoms. The number of halogens is 1. The van der Waals surface area contributed by atoms with Gasteiger partial charge < -0.3 is 5.32 Å². The molecule has 2 aliphatic rings. The largest absolute Gasteiger partial charge is 0.309 e. The molecule has 5 rings (SSSR count). The first kappa shape index (κ1) is 22.7. The summed E-state index contributed by atoms with van der Waals surface area (Å²) in [5, 5.41) is 3.08. The van der Waals surface area contributed by atoms with Gasteiger partial charge in [-0.15, -0.1) is 0 Å². The first-order chi connectivity index (χ1) is 16.6. The maximum Gasteiger partial charge on any atom is 0.229 e. The number of nitrogens with zero attached hydrogens (tertiary/aromatic N) is 2. The third-order valence-corrected chi connectivity index (χ3v) is 7.41. The average Bonchev–Trinajstić information content (AvgIpc) is 2.85. The summed E-state index contributed by atoms with van der Waals surface area (Å²) in [5.74, 6) is 1.63. The summed E-state index contributed by atoms with van der Waals surface area (Å²) in [5.41, 5.74) is 5.51. The Morgan fingerprint density at radius 3 is 2.71 bits per heavy atom. The van der Waals surface area contributed by atoms with Gasteiger partial charge in [-0.05, 0) is 66.8 Å². The number of carbonyl (C=O) groups is 1. The van der Waals surface area contributed by atoms with E-state index in [1.54, 1.807) is 6.07 Å². The van der Waals surface area contributed by atoms with Gasteiger partial charge in [-0.2, -0.15) is 0 Å². The number of amides is 1. The second-order valence-electron chi connectivity index (χ2n) is 9.84. The number of fused-ring (bicyclic) bond motifs is 3. The molecule has 1 fully saturated rings. The predicted octanol–water partition coefficient (Wildman–Crippen LogP) is 6.32. The molecule has 1 saturated carbocycles. The zero-order chi connectivity index (χ0) is 23.5. The molecule has 0 spiro atoms. The van der Waals surface area contributed by atoms with E-state index in [1.807, 2.05) is 36.4 Å². The van der Waals surface area contributed by atoms with Crippen molar-refractivity contribution in [2.45, 2.75) is 64.7 Å². The molecular weight excluding hydrogens is 425 g/mol. The number of benzene rings is 2. The number of carbonyl (C=O) groups excluding carboxylic acids is 1. The van der Waals surface area contributed by atoms with Gasteiger partial charge in [0.1, 0.15) is 5.82 Å². The van der Waals surface area contributed by atoms with E-state index in [2.05, 4.69) is 12.2 Å². The lowest BCUT2D eigenvalue weighted by molar-refractivity contribution is -0.115. The van der Waals surface area contributed by atoms with Crippen molar-refractivity contribution in [1.82, 2.24) is 9.97 Å². The fourth-order valence-corrected chi connectivity index (χ4v) is 5.58. The standard InChI is InChI=1S/C29H32FN3O/c1-2-19-9-6-10-21(15-19)16-26-29(33-27(34)17-20-7-4-3-5-8-20)32-25-14-11-22-18-23(30)12-13-24(22)28(25)31-26/h3-5,7-8,12-13,18-19,21H,2,6,9-11,14-17H2,1H3,(H,32,33,34). The minimum absolute atomic E-state index is 0.0740. The van der Waals surface area contributed by atoms with Crippen molar-refractivity contribution in [3.63, 3.8) is 0 Å². The lowest BCUT2D eigenvalue weighted by Crippen LogP contribution is -2.22. The molecule has 2 unspecified atom stereocenters. The van der Waals surface area contributed by atoms with E-state index in [-0.39, 0.29) is 11.7 Å². The minimum Gasteiger partial charge on any atom is -0.309 e. The van der Waals surface area contributed by atoms with E-state index in [4.69, 9.17) is 9.97 Å². The second-order valence-corrected chi connectivity index (χ2v) is 9.84. The van der Waals surface area contributed by atoms with Crippen LogP contribution in [0.15, 0.2) is 48.5 Å². The highest BCUT2D eigenvalue weighted by Gasteiger charge is 2.26. The fraction of sp³-hybridized carbons (Fsp3) is 0.414. The molecule has 176 valence electrons. The van der Waals surface area contributed by atoms with Crippen LogP contribution < -0.4 is 5.32 Å². The third-order valence-electron chi connectivity index (χ3n) is 7.41. The Labute approximate surface area is 201 Å². The molecular formula is C29H32FN3O. The van der Waals surface area contributed by atoms with Crippen LogP contribution in [-0.4, -0.2) is 15.9 Å². The molecule has 0 bridgehead atoms. The number of nitrogens with one attached hydrogen (secondary N) is 1. The summed E-state index contributed by atoms with van der Waals surface area (Å²) in [6.45, 7) is 2.27. The summed E-state index contributed by atoms with van der Waals surface area (Å²) < 4.78 is 13.8. The minimum atomic E-state index is -0.215. The van der Waals surface area contributed by atoms with E-state index < -0.39 is 0 Å². The monoisotopic (exact) mass is 457 g/mol. The Hall–Kier alpha value is -3.08. The van der Waals surface area contributed by atoms with Crippen molar-refractivity contribution in [2.75, 3.05) is 5.32 Å². The van der Waals surface area contributed by atoms with E-state index in [0.29, 0.717) is 24.6 Å². The van der Waals surface area contributed by atoms with Crippen LogP contribution in [-0.2, 0) is 30.5 Å². The van der Waals surface area contributed by atoms with Crippen molar-refractivity contribution >= 4 is 11.7 Å². The number of hydrogen-bond acceptors (Lipinski definition) is 3. The lowest BCUT2D eigenvalue weighted by Gasteiger charge is -2.29. The Kier molecular flexibility index (Phi) is 6.70. The highest BCUT2D eigenvalue weighted by molar-refractivity contribution is 5.92. The zero-order valence-corrected chi connectivity index (χ0v) is 19.8. The van der Waals surface area contributed by atoms with Gasteiger partial charge in [0, 0.05) is 5.56 Å². The van der Waals surface area contributed by atoms with Crippen LogP contribution in [0.25, 0.3) is 11.3 Å². The highest BCUT2D eigenvalue weighted by atomic mass is 19.1. The van der Waals surface area contributed by atoms with Crippen molar-refractivity contribution in [2.24, 2.45) is 11.8 Å². The van der Waals surface area contributed by atoms with Gasteiger partial charge in [0.2, 0.25) is 5.91 Å². The molecule has 1 heterocycles. The quantitative estimate of drug-likeness (QED) is 0.471. The van der Waals surface area contributed by atoms with Gasteiger partial charge in [-0.3, -0.25) is 4.79 Å². The molecule has 2 aromatic carbocycles. The smallest absolute Gasteiger partial charge is 0.229 e. The Morgan fingerprint density at radius 1 is 1.06 bits per heavy atom. The summed E-state index contributed by atoms with van der Waals surface area (Å²) >= 11 is 0. The maximum atomic E-state index is 13.8. The van der Waals surface area contributed by atoms with Gasteiger partial charge in [0.15, 0.2) is 5.82 Å². The van der Waals surface area contributed by atoms with E-state index in [9.17, 15) is 9.18 Å². The van der Waals surface area contributed by atoms with Gasteiger partial charge in [-0.25, -0.2) is 14.4 Å². The van der Waals surface area contributed by atoms with E-state index >= 15 is 0 Å². The molecule has 3 aromatic rings. The average molecular weight is 458 g/mol. The number of hydrogen-bond donors (Lipinski definition) is 1. The van der Waals surface area contributed by atoms with Gasteiger partial charge >= 0.3 is 0 Å². The molecule has 4 nitrogen and oxygen atoms in total. The van der Waals surface area contributed by atoms with Crippen molar-refractivity contribution in [1.29, 1.82) is 0 Å². The molecule has 2 atom stereocenters. The molecule has 0 aliphatic heterocycles. The van der Waals surface area contributed by atoms with Crippen LogP contribution in [0.5, 0.6) is 0 Å². The Balaban J connectivity index is 1.46. The SMILES string of the molecule is CCC1CCCC(Cc2nc3c(nc2NC(=O)Cc2ccccc2)CCc2cc(F)ccc2-3)C1. The summed E-state index contributed by atoms with van der Waals surface area (Å²) in [7, 11) is 0. The van der Waals surface area contributed by atoms with Gasteiger partial charge in [0.05, 0.1) is 23.5 Å². The van der Waals surface area contributed by atoms with Crippen LogP contribution in [0, 0.1) is 17.7 Å². The number of aromatic nitrogens is 2. The van der Waals surface area contributed by atoms with Crippen LogP contribution in [0.4, 0.5) is 10.2 Å². The number of rotatable bonds is 6. The zero-order valence-electron chi connectivity index (χ0n) is 19.8. The van der Waals surface area contributed by atoms with Crippen molar-refractivity contribution in [3.05, 3.63) is 76.9 Å². The van der Waals surface area contributed by atoms with Crippen LogP contribution in [0.2, 0.25) is 0 Å². The molecule has 1 aromatic heterocycles. The van der Waals surface area contributed by atoms with E-state index in [1.165, 1.54) is 38.2 Å². The second kappa shape index (κ2) is 10.0. The van der Waals surface area contributed by atoms with Gasteiger partial charge in [-0.1, -0.05) is 62.9 Å². The molecule has 2 aliphatic carbocycles. The molecule has 0 radical (unpaired) electrons. The Morgan fingerprint density at radius 2 is 1.88 bits per heavy atom. The van der Waals surface area contributed by atoms with Crippen LogP contribution in [0.1, 0.15) is 61.5 Å². The van der Waals surface area contributed by atoms with Crippen molar-refractivity contribution < 1.29 is 9.18 Å². The topological polar surface area (TPSA) is 54.9 Å². The van der Waals surface area contributed by atoms with Crippen LogP contribution >= 0.6 is 0 Å². The van der Waals surface area contributed by atoms with E-state index in [0.717, 1.165) is 52.5 Å². The first-order valence-electron chi connectivity index (χ1n) is 12.6. The number of anilines is 1. The number of aryl methyl sites for hydroxylation is 2. The maximum absolute atomic E-state index is 13.8. The first-order valence-corrected chi connectivity index (χ1v) is 12.6.